The Morgan fingerprint density at radius 1 is 1.14 bits per heavy atom. The third-order valence-corrected chi connectivity index (χ3v) is 8.01. The molecule has 2 atom stereocenters. The van der Waals surface area contributed by atoms with Crippen LogP contribution in [0.5, 0.6) is 0 Å². The second-order valence-electron chi connectivity index (χ2n) is 8.80. The number of rotatable bonds is 7. The summed E-state index contributed by atoms with van der Waals surface area (Å²) in [6.07, 6.45) is 1.98. The van der Waals surface area contributed by atoms with Crippen molar-refractivity contribution in [2.45, 2.75) is 20.0 Å². The van der Waals surface area contributed by atoms with Gasteiger partial charge in [-0.05, 0) is 47.1 Å². The molecule has 0 radical (unpaired) electrons. The van der Waals surface area contributed by atoms with Crippen molar-refractivity contribution in [2.75, 3.05) is 25.6 Å². The maximum atomic E-state index is 12.1. The average Bonchev–Trinajstić information content (AvgIpc) is 3.34. The van der Waals surface area contributed by atoms with E-state index in [1.807, 2.05) is 42.3 Å². The summed E-state index contributed by atoms with van der Waals surface area (Å²) < 4.78 is 5.74. The lowest BCUT2D eigenvalue weighted by Crippen LogP contribution is -2.26. The maximum Gasteiger partial charge on any atom is 0.348 e. The molecule has 2 unspecified atom stereocenters. The number of thioether (sulfide) groups is 1. The molecule has 1 aromatic heterocycles. The summed E-state index contributed by atoms with van der Waals surface area (Å²) in [4.78, 5) is 15.3. The molecule has 3 aromatic rings. The number of likely N-dealkylation sites (N-methyl/N-ethyl adjacent to an activating group) is 1. The molecule has 4 rings (SSSR count). The molecule has 0 bridgehead atoms. The van der Waals surface area contributed by atoms with E-state index < -0.39 is 5.97 Å². The first-order valence-electron chi connectivity index (χ1n) is 11.7. The Bertz CT molecular complexity index is 1340. The van der Waals surface area contributed by atoms with Crippen LogP contribution in [-0.4, -0.2) is 31.8 Å². The highest BCUT2D eigenvalue weighted by Gasteiger charge is 2.22. The number of carboxylic acid groups (broad SMARTS) is 1. The minimum Gasteiger partial charge on any atom is -0.477 e. The van der Waals surface area contributed by atoms with Gasteiger partial charge in [-0.25, -0.2) is 4.79 Å². The fraction of sp³-hybridized carbons (Fsp3) is 0.233. The zero-order valence-corrected chi connectivity index (χ0v) is 22.5. The van der Waals surface area contributed by atoms with Crippen molar-refractivity contribution in [2.24, 2.45) is 5.92 Å². The molecule has 6 heteroatoms. The van der Waals surface area contributed by atoms with Crippen LogP contribution in [0.1, 0.15) is 39.4 Å². The van der Waals surface area contributed by atoms with Crippen molar-refractivity contribution >= 4 is 34.8 Å². The quantitative estimate of drug-likeness (QED) is 0.333. The Morgan fingerprint density at radius 3 is 2.50 bits per heavy atom. The summed E-state index contributed by atoms with van der Waals surface area (Å²) in [5.41, 5.74) is 5.95. The fourth-order valence-electron chi connectivity index (χ4n) is 3.90. The number of aryl methyl sites for hydroxylation is 1. The van der Waals surface area contributed by atoms with Crippen LogP contribution in [0.15, 0.2) is 77.1 Å². The van der Waals surface area contributed by atoms with Crippen molar-refractivity contribution < 1.29 is 14.6 Å². The van der Waals surface area contributed by atoms with Gasteiger partial charge in [0.15, 0.2) is 0 Å². The van der Waals surface area contributed by atoms with Gasteiger partial charge in [0.1, 0.15) is 4.88 Å². The van der Waals surface area contributed by atoms with Crippen molar-refractivity contribution in [3.8, 4) is 22.3 Å². The summed E-state index contributed by atoms with van der Waals surface area (Å²) in [6, 6.07) is 18.2. The number of benzene rings is 2. The lowest BCUT2D eigenvalue weighted by molar-refractivity contribution is 0.0702. The van der Waals surface area contributed by atoms with E-state index in [1.54, 1.807) is 18.9 Å². The Hall–Kier alpha value is -3.24. The molecule has 0 aliphatic carbocycles. The topological polar surface area (TPSA) is 49.8 Å². The van der Waals surface area contributed by atoms with Gasteiger partial charge in [-0.1, -0.05) is 66.8 Å². The summed E-state index contributed by atoms with van der Waals surface area (Å²) in [7, 11) is 3.59. The first-order chi connectivity index (χ1) is 17.4. The van der Waals surface area contributed by atoms with Gasteiger partial charge >= 0.3 is 5.97 Å². The molecule has 2 heterocycles. The zero-order valence-electron chi connectivity index (χ0n) is 20.8. The summed E-state index contributed by atoms with van der Waals surface area (Å²) >= 11 is 2.94. The molecule has 184 valence electrons. The highest BCUT2D eigenvalue weighted by molar-refractivity contribution is 8.05. The number of ether oxygens (including phenoxy) is 1. The van der Waals surface area contributed by atoms with E-state index in [4.69, 9.17) is 4.74 Å². The standard InChI is InChI=1S/C30H29NO3S2/c1-20-5-10-23(11-6-20)27(34-4)18-31(3)26-17-28(36-29(26)30(32)33)24-12-7-22(8-13-24)9-14-25-19-35-16-15-21(25)2/h5-8,10-13,15-17,19,21,27H,18H2,1-4H3,(H,32,33). The minimum atomic E-state index is -0.929. The minimum absolute atomic E-state index is 0.172. The second kappa shape index (κ2) is 11.7. The molecule has 36 heavy (non-hydrogen) atoms. The highest BCUT2D eigenvalue weighted by atomic mass is 32.2. The second-order valence-corrected chi connectivity index (χ2v) is 10.6. The van der Waals surface area contributed by atoms with Gasteiger partial charge in [0.2, 0.25) is 0 Å². The monoisotopic (exact) mass is 515 g/mol. The number of hydrogen-bond donors (Lipinski definition) is 1. The zero-order chi connectivity index (χ0) is 25.7. The van der Waals surface area contributed by atoms with E-state index in [0.717, 1.165) is 27.1 Å². The van der Waals surface area contributed by atoms with E-state index >= 15 is 0 Å². The number of carboxylic acids is 1. The van der Waals surface area contributed by atoms with Gasteiger partial charge in [-0.3, -0.25) is 0 Å². The number of nitrogens with zero attached hydrogens (tertiary/aromatic N) is 1. The van der Waals surface area contributed by atoms with E-state index in [9.17, 15) is 9.90 Å². The van der Waals surface area contributed by atoms with E-state index in [0.29, 0.717) is 23.0 Å². The van der Waals surface area contributed by atoms with Crippen LogP contribution >= 0.6 is 23.1 Å². The Morgan fingerprint density at radius 2 is 1.86 bits per heavy atom. The van der Waals surface area contributed by atoms with Crippen LogP contribution in [0, 0.1) is 24.7 Å². The summed E-state index contributed by atoms with van der Waals surface area (Å²) in [5.74, 6) is 5.92. The predicted molar refractivity (Wildman–Crippen MR) is 152 cm³/mol. The molecule has 0 saturated heterocycles. The number of anilines is 1. The molecule has 0 fully saturated rings. The van der Waals surface area contributed by atoms with Gasteiger partial charge < -0.3 is 14.7 Å². The number of carbonyl (C=O) groups is 1. The van der Waals surface area contributed by atoms with Crippen molar-refractivity contribution in [3.63, 3.8) is 0 Å². The lowest BCUT2D eigenvalue weighted by atomic mass is 10.0. The first-order valence-corrected chi connectivity index (χ1v) is 13.4. The third-order valence-electron chi connectivity index (χ3n) is 6.14. The molecule has 1 N–H and O–H groups in total. The van der Waals surface area contributed by atoms with Gasteiger partial charge in [0.25, 0.3) is 0 Å². The Kier molecular flexibility index (Phi) is 8.37. The van der Waals surface area contributed by atoms with Crippen LogP contribution in [0.3, 0.4) is 0 Å². The third kappa shape index (κ3) is 6.11. The maximum absolute atomic E-state index is 12.1. The molecule has 0 amide bonds. The molecule has 2 aromatic carbocycles. The molecule has 0 spiro atoms. The molecule has 1 aliphatic heterocycles. The van der Waals surface area contributed by atoms with E-state index in [-0.39, 0.29) is 6.10 Å². The summed E-state index contributed by atoms with van der Waals surface area (Å²) in [5, 5.41) is 14.1. The van der Waals surface area contributed by atoms with Crippen LogP contribution in [0.2, 0.25) is 0 Å². The molecular weight excluding hydrogens is 486 g/mol. The Labute approximate surface area is 221 Å². The SMILES string of the molecule is COC(CN(C)c1cc(-c2ccc(C#CC3=CSC=CC3C)cc2)sc1C(=O)O)c1ccc(C)cc1. The van der Waals surface area contributed by atoms with E-state index in [1.165, 1.54) is 16.9 Å². The smallest absolute Gasteiger partial charge is 0.348 e. The molecule has 1 aliphatic rings. The van der Waals surface area contributed by atoms with Gasteiger partial charge in [-0.2, -0.15) is 0 Å². The van der Waals surface area contributed by atoms with Gasteiger partial charge in [-0.15, -0.1) is 23.1 Å². The summed E-state index contributed by atoms with van der Waals surface area (Å²) in [6.45, 7) is 4.72. The van der Waals surface area contributed by atoms with Crippen LogP contribution in [-0.2, 0) is 4.74 Å². The number of aromatic carboxylic acids is 1. The number of thiophene rings is 1. The molecular formula is C30H29NO3S2. The van der Waals surface area contributed by atoms with Crippen LogP contribution in [0.25, 0.3) is 10.4 Å². The number of allylic oxidation sites excluding steroid dienone is 2. The average molecular weight is 516 g/mol. The first kappa shape index (κ1) is 25.8. The van der Waals surface area contributed by atoms with Crippen molar-refractivity contribution in [1.82, 2.24) is 0 Å². The normalized spacial score (nSPS) is 15.6. The lowest BCUT2D eigenvalue weighted by Gasteiger charge is -2.25. The van der Waals surface area contributed by atoms with Crippen LogP contribution in [0.4, 0.5) is 5.69 Å². The van der Waals surface area contributed by atoms with Gasteiger partial charge in [0.05, 0.1) is 11.8 Å². The fourth-order valence-corrected chi connectivity index (χ4v) is 5.77. The number of methoxy groups -OCH3 is 1. The van der Waals surface area contributed by atoms with E-state index in [2.05, 4.69) is 66.8 Å². The van der Waals surface area contributed by atoms with Gasteiger partial charge in [0, 0.05) is 42.6 Å². The highest BCUT2D eigenvalue weighted by Crippen LogP contribution is 2.37. The number of hydrogen-bond acceptors (Lipinski definition) is 5. The molecule has 4 nitrogen and oxygen atoms in total. The van der Waals surface area contributed by atoms with Crippen molar-refractivity contribution in [3.05, 3.63) is 98.6 Å². The Balaban J connectivity index is 1.54. The van der Waals surface area contributed by atoms with Crippen LogP contribution < -0.4 is 4.90 Å². The molecule has 0 saturated carbocycles. The van der Waals surface area contributed by atoms with Crippen molar-refractivity contribution in [1.29, 1.82) is 0 Å². The largest absolute Gasteiger partial charge is 0.477 e. The predicted octanol–water partition coefficient (Wildman–Crippen LogP) is 7.38.